The maximum Gasteiger partial charge on any atom is 0.0596 e. The van der Waals surface area contributed by atoms with Gasteiger partial charge in [-0.05, 0) is 30.8 Å². The molecule has 2 rings (SSSR count). The predicted molar refractivity (Wildman–Crippen MR) is 41.6 cm³/mol. The van der Waals surface area contributed by atoms with Gasteiger partial charge in [0.25, 0.3) is 0 Å². The number of nitrogens with one attached hydrogen (secondary N) is 2. The van der Waals surface area contributed by atoms with Gasteiger partial charge in [0.15, 0.2) is 0 Å². The fourth-order valence-electron chi connectivity index (χ4n) is 1.49. The molecule has 2 aliphatic heterocycles. The molecule has 0 saturated carbocycles. The van der Waals surface area contributed by atoms with Crippen LogP contribution in [0.25, 0.3) is 0 Å². The highest BCUT2D eigenvalue weighted by atomic mass is 15.0. The van der Waals surface area contributed by atoms with Crippen molar-refractivity contribution >= 4 is 0 Å². The van der Waals surface area contributed by atoms with Crippen molar-refractivity contribution in [2.24, 2.45) is 0 Å². The zero-order valence-electron chi connectivity index (χ0n) is 5.93. The third-order valence-electron chi connectivity index (χ3n) is 2.09. The van der Waals surface area contributed by atoms with Crippen LogP contribution < -0.4 is 10.6 Å². The van der Waals surface area contributed by atoms with E-state index >= 15 is 0 Å². The molecule has 2 nitrogen and oxygen atoms in total. The lowest BCUT2D eigenvalue weighted by Gasteiger charge is -2.28. The summed E-state index contributed by atoms with van der Waals surface area (Å²) >= 11 is 0. The number of dihydropyridines is 1. The van der Waals surface area contributed by atoms with Crippen LogP contribution in [0.5, 0.6) is 0 Å². The summed E-state index contributed by atoms with van der Waals surface area (Å²) in [5.74, 6) is 0. The number of allylic oxidation sites excluding steroid dienone is 2. The van der Waals surface area contributed by atoms with Crippen LogP contribution in [0.4, 0.5) is 0 Å². The smallest absolute Gasteiger partial charge is 0.0596 e. The van der Waals surface area contributed by atoms with Crippen molar-refractivity contribution < 1.29 is 0 Å². The summed E-state index contributed by atoms with van der Waals surface area (Å²) in [6.45, 7) is 2.22. The highest BCUT2D eigenvalue weighted by Gasteiger charge is 2.17. The fourth-order valence-corrected chi connectivity index (χ4v) is 1.49. The Morgan fingerprint density at radius 1 is 1.50 bits per heavy atom. The van der Waals surface area contributed by atoms with Gasteiger partial charge in [-0.1, -0.05) is 6.08 Å². The first-order valence-electron chi connectivity index (χ1n) is 3.79. The van der Waals surface area contributed by atoms with Crippen LogP contribution in [0.15, 0.2) is 23.9 Å². The summed E-state index contributed by atoms with van der Waals surface area (Å²) in [6, 6.07) is 0.568. The second-order valence-corrected chi connectivity index (χ2v) is 2.77. The molecule has 2 N–H and O–H groups in total. The molecule has 2 heteroatoms. The van der Waals surface area contributed by atoms with Crippen molar-refractivity contribution in [2.75, 3.05) is 13.1 Å². The quantitative estimate of drug-likeness (QED) is 0.503. The Kier molecular flexibility index (Phi) is 1.47. The van der Waals surface area contributed by atoms with E-state index in [4.69, 9.17) is 0 Å². The van der Waals surface area contributed by atoms with E-state index in [0.717, 1.165) is 13.1 Å². The average molecular weight is 136 g/mol. The largest absolute Gasteiger partial charge is 0.383 e. The number of hydrogen-bond acceptors (Lipinski definition) is 2. The lowest BCUT2D eigenvalue weighted by atomic mass is 9.98. The highest BCUT2D eigenvalue weighted by molar-refractivity contribution is 5.24. The summed E-state index contributed by atoms with van der Waals surface area (Å²) in [5.41, 5.74) is 1.54. The average Bonchev–Trinajstić information content (AvgIpc) is 2.05. The number of hydrogen-bond donors (Lipinski definition) is 2. The summed E-state index contributed by atoms with van der Waals surface area (Å²) in [6.07, 6.45) is 7.52. The van der Waals surface area contributed by atoms with Crippen LogP contribution in [0.1, 0.15) is 6.42 Å². The SMILES string of the molecule is C1=CNC2CNCCC2=C1. The Labute approximate surface area is 61.0 Å². The van der Waals surface area contributed by atoms with Gasteiger partial charge in [-0.3, -0.25) is 0 Å². The second kappa shape index (κ2) is 2.46. The zero-order chi connectivity index (χ0) is 6.81. The van der Waals surface area contributed by atoms with Gasteiger partial charge in [0, 0.05) is 6.54 Å². The third kappa shape index (κ3) is 0.948. The highest BCUT2D eigenvalue weighted by Crippen LogP contribution is 2.13. The monoisotopic (exact) mass is 136 g/mol. The van der Waals surface area contributed by atoms with E-state index in [1.165, 1.54) is 6.42 Å². The summed E-state index contributed by atoms with van der Waals surface area (Å²) in [4.78, 5) is 0. The Bertz CT molecular complexity index is 182. The van der Waals surface area contributed by atoms with Gasteiger partial charge in [-0.25, -0.2) is 0 Å². The first-order valence-corrected chi connectivity index (χ1v) is 3.79. The molecule has 54 valence electrons. The maximum absolute atomic E-state index is 3.35. The first-order chi connectivity index (χ1) is 4.97. The van der Waals surface area contributed by atoms with Gasteiger partial charge in [-0.2, -0.15) is 0 Å². The minimum absolute atomic E-state index is 0.568. The molecule has 2 heterocycles. The van der Waals surface area contributed by atoms with E-state index in [2.05, 4.69) is 22.8 Å². The third-order valence-corrected chi connectivity index (χ3v) is 2.09. The summed E-state index contributed by atoms with van der Waals surface area (Å²) in [7, 11) is 0. The molecule has 0 aromatic rings. The Balaban J connectivity index is 2.14. The molecule has 0 aliphatic carbocycles. The van der Waals surface area contributed by atoms with Crippen LogP contribution in [-0.2, 0) is 0 Å². The molecule has 0 amide bonds. The van der Waals surface area contributed by atoms with Crippen molar-refractivity contribution in [1.29, 1.82) is 0 Å². The van der Waals surface area contributed by atoms with Crippen LogP contribution >= 0.6 is 0 Å². The number of fused-ring (bicyclic) bond motifs is 1. The molecule has 0 spiro atoms. The van der Waals surface area contributed by atoms with Crippen LogP contribution in [0.3, 0.4) is 0 Å². The van der Waals surface area contributed by atoms with Gasteiger partial charge in [0.1, 0.15) is 0 Å². The van der Waals surface area contributed by atoms with E-state index < -0.39 is 0 Å². The van der Waals surface area contributed by atoms with Crippen molar-refractivity contribution in [3.05, 3.63) is 23.9 Å². The molecule has 0 aromatic carbocycles. The van der Waals surface area contributed by atoms with E-state index in [1.807, 2.05) is 6.20 Å². The molecule has 1 unspecified atom stereocenters. The van der Waals surface area contributed by atoms with Crippen LogP contribution in [0, 0.1) is 0 Å². The lowest BCUT2D eigenvalue weighted by molar-refractivity contribution is 0.506. The molecule has 10 heavy (non-hydrogen) atoms. The molecule has 1 fully saturated rings. The number of rotatable bonds is 0. The van der Waals surface area contributed by atoms with E-state index in [0.29, 0.717) is 6.04 Å². The molecular formula is C8H12N2. The maximum atomic E-state index is 3.35. The van der Waals surface area contributed by atoms with Crippen molar-refractivity contribution in [3.8, 4) is 0 Å². The van der Waals surface area contributed by atoms with Gasteiger partial charge in [-0.15, -0.1) is 0 Å². The van der Waals surface area contributed by atoms with E-state index in [9.17, 15) is 0 Å². The van der Waals surface area contributed by atoms with Crippen molar-refractivity contribution in [1.82, 2.24) is 10.6 Å². The topological polar surface area (TPSA) is 24.1 Å². The minimum atomic E-state index is 0.568. The van der Waals surface area contributed by atoms with Gasteiger partial charge < -0.3 is 10.6 Å². The standard InChI is InChI=1S/C8H12N2/c1-2-7-3-5-9-6-8(7)10-4-1/h1-2,4,8-10H,3,5-6H2. The first kappa shape index (κ1) is 5.98. The molecule has 2 aliphatic rings. The Hall–Kier alpha value is -0.760. The van der Waals surface area contributed by atoms with Crippen LogP contribution in [0.2, 0.25) is 0 Å². The Morgan fingerprint density at radius 3 is 3.40 bits per heavy atom. The predicted octanol–water partition coefficient (Wildman–Crippen LogP) is 0.392. The Morgan fingerprint density at radius 2 is 2.50 bits per heavy atom. The molecule has 0 radical (unpaired) electrons. The summed E-state index contributed by atoms with van der Waals surface area (Å²) in [5, 5.41) is 6.66. The molecule has 1 atom stereocenters. The summed E-state index contributed by atoms with van der Waals surface area (Å²) < 4.78 is 0. The lowest BCUT2D eigenvalue weighted by Crippen LogP contribution is -2.43. The van der Waals surface area contributed by atoms with Gasteiger partial charge in [0.05, 0.1) is 6.04 Å². The van der Waals surface area contributed by atoms with Crippen LogP contribution in [-0.4, -0.2) is 19.1 Å². The van der Waals surface area contributed by atoms with Gasteiger partial charge >= 0.3 is 0 Å². The van der Waals surface area contributed by atoms with Crippen molar-refractivity contribution in [2.45, 2.75) is 12.5 Å². The number of piperidine rings is 1. The van der Waals surface area contributed by atoms with Crippen molar-refractivity contribution in [3.63, 3.8) is 0 Å². The molecule has 0 bridgehead atoms. The minimum Gasteiger partial charge on any atom is -0.383 e. The molecular weight excluding hydrogens is 124 g/mol. The second-order valence-electron chi connectivity index (χ2n) is 2.77. The molecule has 1 saturated heterocycles. The van der Waals surface area contributed by atoms with Gasteiger partial charge in [0.2, 0.25) is 0 Å². The van der Waals surface area contributed by atoms with E-state index in [-0.39, 0.29) is 0 Å². The molecule has 0 aromatic heterocycles. The zero-order valence-corrected chi connectivity index (χ0v) is 5.93. The normalized spacial score (nSPS) is 30.4. The van der Waals surface area contributed by atoms with E-state index in [1.54, 1.807) is 5.57 Å². The fraction of sp³-hybridized carbons (Fsp3) is 0.500.